The van der Waals surface area contributed by atoms with Crippen LogP contribution in [0.2, 0.25) is 0 Å². The zero-order valence-corrected chi connectivity index (χ0v) is 12.6. The Labute approximate surface area is 127 Å². The summed E-state index contributed by atoms with van der Waals surface area (Å²) in [5, 5.41) is 0. The van der Waals surface area contributed by atoms with Crippen molar-refractivity contribution in [2.24, 2.45) is 11.7 Å². The maximum atomic E-state index is 12.1. The summed E-state index contributed by atoms with van der Waals surface area (Å²) in [5.74, 6) is 2.92. The highest BCUT2D eigenvalue weighted by molar-refractivity contribution is 7.99. The van der Waals surface area contributed by atoms with Crippen LogP contribution in [0.25, 0.3) is 0 Å². The predicted octanol–water partition coefficient (Wildman–Crippen LogP) is 3.99. The fraction of sp³-hybridized carbons (Fsp3) is 0.600. The average molecular weight is 319 g/mol. The summed E-state index contributed by atoms with van der Waals surface area (Å²) < 4.78 is 40.1. The van der Waals surface area contributed by atoms with Crippen molar-refractivity contribution in [2.75, 3.05) is 11.5 Å². The number of nitrogens with two attached hydrogens (primary N) is 1. The molecule has 0 aromatic heterocycles. The van der Waals surface area contributed by atoms with Gasteiger partial charge in [-0.1, -0.05) is 12.1 Å². The quantitative estimate of drug-likeness (QED) is 0.891. The van der Waals surface area contributed by atoms with E-state index in [0.29, 0.717) is 12.3 Å². The molecule has 1 aliphatic heterocycles. The summed E-state index contributed by atoms with van der Waals surface area (Å²) in [4.78, 5) is 0. The summed E-state index contributed by atoms with van der Waals surface area (Å²) in [6.07, 6.45) is -0.526. The molecule has 1 aromatic carbocycles. The Morgan fingerprint density at radius 2 is 1.81 bits per heavy atom. The summed E-state index contributed by atoms with van der Waals surface area (Å²) in [5.41, 5.74) is 7.10. The van der Waals surface area contributed by atoms with E-state index in [1.54, 1.807) is 12.1 Å². The molecule has 0 aliphatic carbocycles. The van der Waals surface area contributed by atoms with Gasteiger partial charge in [-0.05, 0) is 60.8 Å². The predicted molar refractivity (Wildman–Crippen MR) is 79.5 cm³/mol. The third-order valence-corrected chi connectivity index (χ3v) is 4.68. The van der Waals surface area contributed by atoms with E-state index < -0.39 is 6.36 Å². The van der Waals surface area contributed by atoms with E-state index in [4.69, 9.17) is 5.73 Å². The third kappa shape index (κ3) is 6.18. The fourth-order valence-electron chi connectivity index (χ4n) is 2.62. The monoisotopic (exact) mass is 319 g/mol. The largest absolute Gasteiger partial charge is 0.573 e. The molecule has 2 N–H and O–H groups in total. The lowest BCUT2D eigenvalue weighted by Gasteiger charge is -2.24. The Bertz CT molecular complexity index is 430. The first-order chi connectivity index (χ1) is 9.92. The first kappa shape index (κ1) is 16.5. The third-order valence-electron chi connectivity index (χ3n) is 3.63. The minimum Gasteiger partial charge on any atom is -0.406 e. The molecule has 21 heavy (non-hydrogen) atoms. The van der Waals surface area contributed by atoms with E-state index in [1.807, 2.05) is 11.8 Å². The molecule has 6 heteroatoms. The van der Waals surface area contributed by atoms with Gasteiger partial charge in [0.2, 0.25) is 0 Å². The van der Waals surface area contributed by atoms with Gasteiger partial charge in [-0.25, -0.2) is 0 Å². The van der Waals surface area contributed by atoms with Crippen molar-refractivity contribution in [1.29, 1.82) is 0 Å². The van der Waals surface area contributed by atoms with Gasteiger partial charge in [0.05, 0.1) is 0 Å². The van der Waals surface area contributed by atoms with Gasteiger partial charge in [0.1, 0.15) is 5.75 Å². The highest BCUT2D eigenvalue weighted by Gasteiger charge is 2.30. The molecule has 0 saturated carbocycles. The SMILES string of the molecule is NC(Cc1ccc(OC(F)(F)F)cc1)CC1CCSCC1. The minimum absolute atomic E-state index is 0.0625. The molecule has 2 rings (SSSR count). The normalized spacial score (nSPS) is 18.5. The van der Waals surface area contributed by atoms with Crippen LogP contribution in [0.15, 0.2) is 24.3 Å². The molecule has 1 atom stereocenters. The summed E-state index contributed by atoms with van der Waals surface area (Å²) >= 11 is 1.99. The topological polar surface area (TPSA) is 35.2 Å². The van der Waals surface area contributed by atoms with Crippen LogP contribution in [-0.4, -0.2) is 23.9 Å². The van der Waals surface area contributed by atoms with Gasteiger partial charge in [-0.2, -0.15) is 11.8 Å². The summed E-state index contributed by atoms with van der Waals surface area (Å²) in [7, 11) is 0. The second kappa shape index (κ2) is 7.40. The van der Waals surface area contributed by atoms with E-state index in [2.05, 4.69) is 4.74 Å². The van der Waals surface area contributed by atoms with E-state index in [9.17, 15) is 13.2 Å². The highest BCUT2D eigenvalue weighted by Crippen LogP contribution is 2.27. The number of thioether (sulfide) groups is 1. The number of ether oxygens (including phenoxy) is 1. The van der Waals surface area contributed by atoms with Crippen LogP contribution in [-0.2, 0) is 6.42 Å². The number of hydrogen-bond donors (Lipinski definition) is 1. The minimum atomic E-state index is -4.64. The Morgan fingerprint density at radius 1 is 1.19 bits per heavy atom. The van der Waals surface area contributed by atoms with E-state index in [1.165, 1.54) is 36.5 Å². The van der Waals surface area contributed by atoms with E-state index in [0.717, 1.165) is 12.0 Å². The van der Waals surface area contributed by atoms with Crippen molar-refractivity contribution in [3.63, 3.8) is 0 Å². The molecule has 1 fully saturated rings. The lowest BCUT2D eigenvalue weighted by atomic mass is 9.91. The van der Waals surface area contributed by atoms with Crippen LogP contribution in [0.1, 0.15) is 24.8 Å². The molecule has 1 aromatic rings. The van der Waals surface area contributed by atoms with Crippen LogP contribution in [0.3, 0.4) is 0 Å². The molecule has 1 unspecified atom stereocenters. The van der Waals surface area contributed by atoms with Crippen LogP contribution >= 0.6 is 11.8 Å². The van der Waals surface area contributed by atoms with Crippen molar-refractivity contribution >= 4 is 11.8 Å². The molecule has 1 aliphatic rings. The number of hydrogen-bond acceptors (Lipinski definition) is 3. The number of benzene rings is 1. The lowest BCUT2D eigenvalue weighted by Crippen LogP contribution is -2.27. The zero-order chi connectivity index (χ0) is 15.3. The van der Waals surface area contributed by atoms with E-state index in [-0.39, 0.29) is 11.8 Å². The lowest BCUT2D eigenvalue weighted by molar-refractivity contribution is -0.274. The Hall–Kier alpha value is -0.880. The Kier molecular flexibility index (Phi) is 5.81. The molecule has 2 nitrogen and oxygen atoms in total. The summed E-state index contributed by atoms with van der Waals surface area (Å²) in [6, 6.07) is 6.04. The Balaban J connectivity index is 1.81. The molecular formula is C15H20F3NOS. The van der Waals surface area contributed by atoms with Gasteiger partial charge < -0.3 is 10.5 Å². The van der Waals surface area contributed by atoms with Crippen LogP contribution in [0.5, 0.6) is 5.75 Å². The van der Waals surface area contributed by atoms with Gasteiger partial charge in [-0.15, -0.1) is 13.2 Å². The molecule has 0 bridgehead atoms. The van der Waals surface area contributed by atoms with Crippen LogP contribution in [0, 0.1) is 5.92 Å². The molecule has 0 spiro atoms. The van der Waals surface area contributed by atoms with Gasteiger partial charge in [-0.3, -0.25) is 0 Å². The first-order valence-electron chi connectivity index (χ1n) is 7.10. The van der Waals surface area contributed by atoms with Crippen molar-refractivity contribution in [3.05, 3.63) is 29.8 Å². The molecule has 1 heterocycles. The van der Waals surface area contributed by atoms with Gasteiger partial charge >= 0.3 is 6.36 Å². The maximum Gasteiger partial charge on any atom is 0.573 e. The van der Waals surface area contributed by atoms with Gasteiger partial charge in [0.25, 0.3) is 0 Å². The fourth-order valence-corrected chi connectivity index (χ4v) is 3.83. The zero-order valence-electron chi connectivity index (χ0n) is 11.7. The second-order valence-electron chi connectivity index (χ2n) is 5.45. The number of halogens is 3. The average Bonchev–Trinajstić information content (AvgIpc) is 2.40. The van der Waals surface area contributed by atoms with Crippen molar-refractivity contribution in [2.45, 2.75) is 38.1 Å². The van der Waals surface area contributed by atoms with Crippen LogP contribution in [0.4, 0.5) is 13.2 Å². The Morgan fingerprint density at radius 3 is 2.38 bits per heavy atom. The number of rotatable bonds is 5. The van der Waals surface area contributed by atoms with Crippen LogP contribution < -0.4 is 10.5 Å². The second-order valence-corrected chi connectivity index (χ2v) is 6.67. The van der Waals surface area contributed by atoms with E-state index >= 15 is 0 Å². The molecule has 118 valence electrons. The molecular weight excluding hydrogens is 299 g/mol. The highest BCUT2D eigenvalue weighted by atomic mass is 32.2. The van der Waals surface area contributed by atoms with Crippen molar-refractivity contribution < 1.29 is 17.9 Å². The van der Waals surface area contributed by atoms with Crippen molar-refractivity contribution in [1.82, 2.24) is 0 Å². The molecule has 1 saturated heterocycles. The molecule has 0 radical (unpaired) electrons. The maximum absolute atomic E-state index is 12.1. The standard InChI is InChI=1S/C15H20F3NOS/c16-15(17,18)20-14-3-1-11(2-4-14)9-13(19)10-12-5-7-21-8-6-12/h1-4,12-13H,5-10,19H2. The molecule has 0 amide bonds. The number of alkyl halides is 3. The summed E-state index contributed by atoms with van der Waals surface area (Å²) in [6.45, 7) is 0. The van der Waals surface area contributed by atoms with Gasteiger partial charge in [0, 0.05) is 6.04 Å². The first-order valence-corrected chi connectivity index (χ1v) is 8.26. The van der Waals surface area contributed by atoms with Gasteiger partial charge in [0.15, 0.2) is 0 Å². The van der Waals surface area contributed by atoms with Crippen molar-refractivity contribution in [3.8, 4) is 5.75 Å². The smallest absolute Gasteiger partial charge is 0.406 e.